The molecule has 1 heterocycles. The molecule has 0 N–H and O–H groups in total. The fourth-order valence-electron chi connectivity index (χ4n) is 0.419. The minimum Gasteiger partial charge on any atom is -0.172 e. The van der Waals surface area contributed by atoms with Crippen molar-refractivity contribution in [3.8, 4) is 0 Å². The summed E-state index contributed by atoms with van der Waals surface area (Å²) in [5.41, 5.74) is 0. The van der Waals surface area contributed by atoms with E-state index in [1.165, 1.54) is 4.80 Å². The normalized spacial score (nSPS) is 13.8. The molecule has 1 atom stereocenters. The van der Waals surface area contributed by atoms with Gasteiger partial charge in [-0.15, -0.1) is 0 Å². The van der Waals surface area contributed by atoms with Crippen LogP contribution >= 0.6 is 12.6 Å². The molecule has 44 valence electrons. The van der Waals surface area contributed by atoms with Gasteiger partial charge in [0.25, 0.3) is 0 Å². The number of aromatic nitrogens is 3. The van der Waals surface area contributed by atoms with Gasteiger partial charge in [0.1, 0.15) is 5.37 Å². The zero-order valence-corrected chi connectivity index (χ0v) is 5.42. The van der Waals surface area contributed by atoms with Gasteiger partial charge >= 0.3 is 0 Å². The average Bonchev–Trinajstić information content (AvgIpc) is 2.12. The van der Waals surface area contributed by atoms with Crippen molar-refractivity contribution in [3.63, 3.8) is 0 Å². The van der Waals surface area contributed by atoms with Crippen molar-refractivity contribution < 1.29 is 0 Å². The van der Waals surface area contributed by atoms with Crippen LogP contribution in [0.2, 0.25) is 0 Å². The molecule has 0 aliphatic carbocycles. The minimum atomic E-state index is 0.0741. The van der Waals surface area contributed by atoms with E-state index < -0.39 is 0 Å². The molecule has 0 aliphatic rings. The summed E-state index contributed by atoms with van der Waals surface area (Å²) in [6, 6.07) is 0. The van der Waals surface area contributed by atoms with Crippen LogP contribution in [-0.2, 0) is 0 Å². The zero-order valence-electron chi connectivity index (χ0n) is 4.52. The van der Waals surface area contributed by atoms with Crippen molar-refractivity contribution in [1.29, 1.82) is 0 Å². The van der Waals surface area contributed by atoms with E-state index in [1.54, 1.807) is 12.4 Å². The molecular weight excluding hydrogens is 122 g/mol. The molecule has 0 aromatic carbocycles. The molecule has 0 amide bonds. The summed E-state index contributed by atoms with van der Waals surface area (Å²) in [4.78, 5) is 1.53. The second-order valence-corrected chi connectivity index (χ2v) is 2.23. The fourth-order valence-corrected chi connectivity index (χ4v) is 0.538. The molecule has 1 rings (SSSR count). The third kappa shape index (κ3) is 1.01. The second-order valence-electron chi connectivity index (χ2n) is 1.48. The molecule has 0 bridgehead atoms. The summed E-state index contributed by atoms with van der Waals surface area (Å²) in [6.07, 6.45) is 3.26. The minimum absolute atomic E-state index is 0.0741. The van der Waals surface area contributed by atoms with Gasteiger partial charge in [0.05, 0.1) is 12.4 Å². The van der Waals surface area contributed by atoms with Gasteiger partial charge in [-0.2, -0.15) is 27.6 Å². The van der Waals surface area contributed by atoms with Crippen molar-refractivity contribution in [2.75, 3.05) is 0 Å². The lowest BCUT2D eigenvalue weighted by molar-refractivity contribution is 0.559. The topological polar surface area (TPSA) is 30.7 Å². The Kier molecular flexibility index (Phi) is 1.53. The highest BCUT2D eigenvalue weighted by atomic mass is 32.1. The highest BCUT2D eigenvalue weighted by Gasteiger charge is 1.94. The summed E-state index contributed by atoms with van der Waals surface area (Å²) >= 11 is 4.09. The first-order chi connectivity index (χ1) is 3.80. The SMILES string of the molecule is C[C@H](S)n1nccn1. The van der Waals surface area contributed by atoms with Gasteiger partial charge in [-0.25, -0.2) is 0 Å². The lowest BCUT2D eigenvalue weighted by Gasteiger charge is -1.98. The first kappa shape index (κ1) is 5.62. The Hall–Kier alpha value is -0.510. The molecule has 0 aliphatic heterocycles. The van der Waals surface area contributed by atoms with Crippen molar-refractivity contribution in [2.24, 2.45) is 0 Å². The van der Waals surface area contributed by atoms with Crippen LogP contribution in [0.1, 0.15) is 12.3 Å². The van der Waals surface area contributed by atoms with Crippen LogP contribution in [0.3, 0.4) is 0 Å². The monoisotopic (exact) mass is 129 g/mol. The number of thiol groups is 1. The lowest BCUT2D eigenvalue weighted by Crippen LogP contribution is -2.01. The van der Waals surface area contributed by atoms with Crippen LogP contribution in [0.5, 0.6) is 0 Å². The predicted octanol–water partition coefficient (Wildman–Crippen LogP) is 0.726. The molecule has 0 saturated carbocycles. The van der Waals surface area contributed by atoms with Gasteiger partial charge in [-0.1, -0.05) is 0 Å². The third-order valence-electron chi connectivity index (χ3n) is 0.771. The predicted molar refractivity (Wildman–Crippen MR) is 33.7 cm³/mol. The van der Waals surface area contributed by atoms with Crippen molar-refractivity contribution >= 4 is 12.6 Å². The highest BCUT2D eigenvalue weighted by Crippen LogP contribution is 2.02. The van der Waals surface area contributed by atoms with E-state index in [0.29, 0.717) is 0 Å². The maximum absolute atomic E-state index is 4.09. The fraction of sp³-hybridized carbons (Fsp3) is 0.500. The number of hydrogen-bond acceptors (Lipinski definition) is 3. The van der Waals surface area contributed by atoms with Crippen LogP contribution in [0.4, 0.5) is 0 Å². The summed E-state index contributed by atoms with van der Waals surface area (Å²) in [5.74, 6) is 0. The summed E-state index contributed by atoms with van der Waals surface area (Å²) in [6.45, 7) is 1.91. The average molecular weight is 129 g/mol. The van der Waals surface area contributed by atoms with E-state index in [4.69, 9.17) is 0 Å². The van der Waals surface area contributed by atoms with E-state index in [0.717, 1.165) is 0 Å². The Balaban J connectivity index is 2.77. The molecular formula is C4H7N3S. The Morgan fingerprint density at radius 3 is 2.25 bits per heavy atom. The van der Waals surface area contributed by atoms with Crippen LogP contribution in [-0.4, -0.2) is 15.0 Å². The Bertz CT molecular complexity index is 146. The smallest absolute Gasteiger partial charge is 0.111 e. The van der Waals surface area contributed by atoms with Gasteiger partial charge in [-0.3, -0.25) is 0 Å². The van der Waals surface area contributed by atoms with E-state index in [1.807, 2.05) is 6.92 Å². The third-order valence-corrected chi connectivity index (χ3v) is 0.977. The van der Waals surface area contributed by atoms with Crippen LogP contribution < -0.4 is 0 Å². The molecule has 0 saturated heterocycles. The van der Waals surface area contributed by atoms with Crippen molar-refractivity contribution in [3.05, 3.63) is 12.4 Å². The molecule has 1 aromatic heterocycles. The van der Waals surface area contributed by atoms with Gasteiger partial charge in [0.2, 0.25) is 0 Å². The van der Waals surface area contributed by atoms with Crippen molar-refractivity contribution in [1.82, 2.24) is 15.0 Å². The zero-order chi connectivity index (χ0) is 5.98. The molecule has 3 nitrogen and oxygen atoms in total. The Labute approximate surface area is 53.1 Å². The molecule has 8 heavy (non-hydrogen) atoms. The van der Waals surface area contributed by atoms with Crippen LogP contribution in [0.15, 0.2) is 12.4 Å². The number of hydrogen-bond donors (Lipinski definition) is 1. The molecule has 4 heteroatoms. The summed E-state index contributed by atoms with van der Waals surface area (Å²) < 4.78 is 0. The number of rotatable bonds is 1. The van der Waals surface area contributed by atoms with E-state index in [2.05, 4.69) is 22.8 Å². The quantitative estimate of drug-likeness (QED) is 0.566. The number of nitrogens with zero attached hydrogens (tertiary/aromatic N) is 3. The standard InChI is InChI=1S/C4H7N3S/c1-4(8)7-5-2-3-6-7/h2-4,8H,1H3/t4-/m0/s1. The van der Waals surface area contributed by atoms with E-state index in [9.17, 15) is 0 Å². The Morgan fingerprint density at radius 1 is 1.50 bits per heavy atom. The summed E-state index contributed by atoms with van der Waals surface area (Å²) in [5, 5.41) is 7.76. The van der Waals surface area contributed by atoms with Gasteiger partial charge in [-0.05, 0) is 6.92 Å². The lowest BCUT2D eigenvalue weighted by atomic mass is 10.8. The Morgan fingerprint density at radius 2 is 2.00 bits per heavy atom. The first-order valence-electron chi connectivity index (χ1n) is 2.34. The maximum atomic E-state index is 4.09. The van der Waals surface area contributed by atoms with Gasteiger partial charge < -0.3 is 0 Å². The largest absolute Gasteiger partial charge is 0.172 e. The highest BCUT2D eigenvalue weighted by molar-refractivity contribution is 7.80. The van der Waals surface area contributed by atoms with Gasteiger partial charge in [0, 0.05) is 0 Å². The van der Waals surface area contributed by atoms with Crippen LogP contribution in [0, 0.1) is 0 Å². The summed E-state index contributed by atoms with van der Waals surface area (Å²) in [7, 11) is 0. The molecule has 0 unspecified atom stereocenters. The second kappa shape index (κ2) is 2.17. The van der Waals surface area contributed by atoms with E-state index >= 15 is 0 Å². The van der Waals surface area contributed by atoms with E-state index in [-0.39, 0.29) is 5.37 Å². The maximum Gasteiger partial charge on any atom is 0.111 e. The van der Waals surface area contributed by atoms with Crippen molar-refractivity contribution in [2.45, 2.75) is 12.3 Å². The molecule has 0 radical (unpaired) electrons. The molecule has 0 spiro atoms. The first-order valence-corrected chi connectivity index (χ1v) is 2.86. The van der Waals surface area contributed by atoms with Crippen LogP contribution in [0.25, 0.3) is 0 Å². The molecule has 1 aromatic rings. The van der Waals surface area contributed by atoms with Gasteiger partial charge in [0.15, 0.2) is 0 Å². The molecule has 0 fully saturated rings.